The van der Waals surface area contributed by atoms with E-state index in [2.05, 4.69) is 5.32 Å². The molecular weight excluding hydrogens is 363 g/mol. The third kappa shape index (κ3) is 4.43. The first-order chi connectivity index (χ1) is 13.5. The summed E-state index contributed by atoms with van der Waals surface area (Å²) in [7, 11) is 3.07. The molecule has 0 aromatic heterocycles. The zero-order valence-corrected chi connectivity index (χ0v) is 16.0. The fraction of sp³-hybridized carbons (Fsp3) is 0.381. The summed E-state index contributed by atoms with van der Waals surface area (Å²) in [5.74, 6) is 0.419. The van der Waals surface area contributed by atoms with E-state index in [9.17, 15) is 9.18 Å². The molecule has 2 aromatic rings. The van der Waals surface area contributed by atoms with Gasteiger partial charge in [0.05, 0.1) is 26.4 Å². The minimum atomic E-state index is -0.631. The van der Waals surface area contributed by atoms with Crippen molar-refractivity contribution in [3.05, 3.63) is 59.4 Å². The van der Waals surface area contributed by atoms with Crippen LogP contribution in [0.5, 0.6) is 11.5 Å². The maximum atomic E-state index is 14.0. The molecule has 0 aliphatic carbocycles. The van der Waals surface area contributed by atoms with Gasteiger partial charge in [-0.05, 0) is 48.7 Å². The highest BCUT2D eigenvalue weighted by Crippen LogP contribution is 2.33. The topological polar surface area (TPSA) is 82.8 Å². The average molecular weight is 388 g/mol. The Bertz CT molecular complexity index is 830. The van der Waals surface area contributed by atoms with Gasteiger partial charge >= 0.3 is 0 Å². The molecule has 7 heteroatoms. The number of carbonyl (C=O) groups is 1. The van der Waals surface area contributed by atoms with Crippen LogP contribution in [0.25, 0.3) is 0 Å². The van der Waals surface area contributed by atoms with Gasteiger partial charge in [0, 0.05) is 12.1 Å². The summed E-state index contributed by atoms with van der Waals surface area (Å²) in [6, 6.07) is 10.9. The van der Waals surface area contributed by atoms with Gasteiger partial charge in [-0.3, -0.25) is 4.79 Å². The van der Waals surface area contributed by atoms with E-state index in [0.29, 0.717) is 30.0 Å². The molecule has 3 N–H and O–H groups in total. The number of benzene rings is 2. The minimum absolute atomic E-state index is 0.116. The second-order valence-corrected chi connectivity index (χ2v) is 6.66. The molecule has 1 amide bonds. The van der Waals surface area contributed by atoms with Crippen LogP contribution in [-0.2, 0) is 9.53 Å². The van der Waals surface area contributed by atoms with E-state index >= 15 is 0 Å². The van der Waals surface area contributed by atoms with E-state index < -0.39 is 18.0 Å². The lowest BCUT2D eigenvalue weighted by atomic mass is 9.96. The fourth-order valence-corrected chi connectivity index (χ4v) is 3.40. The number of hydrogen-bond acceptors (Lipinski definition) is 5. The van der Waals surface area contributed by atoms with Gasteiger partial charge in [0.2, 0.25) is 5.91 Å². The van der Waals surface area contributed by atoms with Crippen molar-refractivity contribution in [3.8, 4) is 11.5 Å². The van der Waals surface area contributed by atoms with Crippen LogP contribution in [0.3, 0.4) is 0 Å². The van der Waals surface area contributed by atoms with Crippen LogP contribution < -0.4 is 20.5 Å². The number of methoxy groups -OCH3 is 2. The Morgan fingerprint density at radius 1 is 1.25 bits per heavy atom. The highest BCUT2D eigenvalue weighted by molar-refractivity contribution is 5.82. The zero-order valence-electron chi connectivity index (χ0n) is 16.0. The van der Waals surface area contributed by atoms with E-state index in [1.807, 2.05) is 12.1 Å². The zero-order chi connectivity index (χ0) is 20.1. The molecule has 0 radical (unpaired) electrons. The van der Waals surface area contributed by atoms with Gasteiger partial charge in [-0.15, -0.1) is 0 Å². The van der Waals surface area contributed by atoms with Crippen LogP contribution in [0.4, 0.5) is 4.39 Å². The van der Waals surface area contributed by atoms with E-state index in [0.717, 1.165) is 12.0 Å². The lowest BCUT2D eigenvalue weighted by molar-refractivity contribution is -0.132. The van der Waals surface area contributed by atoms with Gasteiger partial charge in [-0.2, -0.15) is 0 Å². The Labute approximate surface area is 163 Å². The van der Waals surface area contributed by atoms with Crippen LogP contribution in [-0.4, -0.2) is 38.9 Å². The molecule has 1 unspecified atom stereocenters. The standard InChI is InChI=1S/C21H25FN2O4/c1-26-15-5-3-4-13(10-15)20(17-11-14(22)6-8-18(17)27-2)24-21(25)19-9-7-16(12-23)28-19/h3-6,8,10-11,16,19-20H,7,9,12,23H2,1-2H3,(H,24,25)/t16-,19+,20?/m1/s1. The summed E-state index contributed by atoms with van der Waals surface area (Å²) in [4.78, 5) is 12.9. The molecule has 0 spiro atoms. The maximum absolute atomic E-state index is 14.0. The summed E-state index contributed by atoms with van der Waals surface area (Å²) in [5, 5.41) is 2.98. The molecule has 3 rings (SSSR count). The first kappa shape index (κ1) is 20.1. The normalized spacial score (nSPS) is 19.9. The van der Waals surface area contributed by atoms with Crippen molar-refractivity contribution in [2.75, 3.05) is 20.8 Å². The lowest BCUT2D eigenvalue weighted by Crippen LogP contribution is -2.38. The number of carbonyl (C=O) groups excluding carboxylic acids is 1. The van der Waals surface area contributed by atoms with Crippen molar-refractivity contribution < 1.29 is 23.4 Å². The third-order valence-electron chi connectivity index (χ3n) is 4.88. The fourth-order valence-electron chi connectivity index (χ4n) is 3.40. The van der Waals surface area contributed by atoms with Gasteiger partial charge in [0.1, 0.15) is 23.4 Å². The SMILES string of the molecule is COc1cccc(C(NC(=O)[C@@H]2CC[C@H](CN)O2)c2cc(F)ccc2OC)c1. The molecule has 1 saturated heterocycles. The Morgan fingerprint density at radius 2 is 2.07 bits per heavy atom. The number of nitrogens with two attached hydrogens (primary N) is 1. The molecule has 150 valence electrons. The first-order valence-electron chi connectivity index (χ1n) is 9.19. The summed E-state index contributed by atoms with van der Waals surface area (Å²) in [5.41, 5.74) is 6.89. The Morgan fingerprint density at radius 3 is 2.75 bits per heavy atom. The molecule has 2 aromatic carbocycles. The molecule has 1 heterocycles. The number of hydrogen-bond donors (Lipinski definition) is 2. The predicted molar refractivity (Wildman–Crippen MR) is 103 cm³/mol. The maximum Gasteiger partial charge on any atom is 0.249 e. The van der Waals surface area contributed by atoms with Crippen LogP contribution in [0.15, 0.2) is 42.5 Å². The molecular formula is C21H25FN2O4. The smallest absolute Gasteiger partial charge is 0.249 e. The summed E-state index contributed by atoms with van der Waals surface area (Å²) in [6.07, 6.45) is 0.636. The number of rotatable bonds is 7. The van der Waals surface area contributed by atoms with Crippen molar-refractivity contribution in [3.63, 3.8) is 0 Å². The van der Waals surface area contributed by atoms with Crippen molar-refractivity contribution >= 4 is 5.91 Å². The van der Waals surface area contributed by atoms with Crippen LogP contribution in [0.1, 0.15) is 30.0 Å². The van der Waals surface area contributed by atoms with Gasteiger partial charge in [-0.1, -0.05) is 12.1 Å². The van der Waals surface area contributed by atoms with E-state index in [1.54, 1.807) is 25.3 Å². The van der Waals surface area contributed by atoms with Crippen molar-refractivity contribution in [1.82, 2.24) is 5.32 Å². The van der Waals surface area contributed by atoms with Crippen LogP contribution >= 0.6 is 0 Å². The molecule has 0 bridgehead atoms. The quantitative estimate of drug-likeness (QED) is 0.762. The second-order valence-electron chi connectivity index (χ2n) is 6.66. The van der Waals surface area contributed by atoms with Crippen molar-refractivity contribution in [2.45, 2.75) is 31.1 Å². The van der Waals surface area contributed by atoms with Crippen LogP contribution in [0.2, 0.25) is 0 Å². The number of nitrogens with one attached hydrogen (secondary N) is 1. The number of amides is 1. The predicted octanol–water partition coefficient (Wildman–Crippen LogP) is 2.55. The molecule has 1 fully saturated rings. The molecule has 3 atom stereocenters. The van der Waals surface area contributed by atoms with Gasteiger partial charge in [0.25, 0.3) is 0 Å². The third-order valence-corrected chi connectivity index (χ3v) is 4.88. The van der Waals surface area contributed by atoms with E-state index in [1.165, 1.54) is 19.2 Å². The Hall–Kier alpha value is -2.64. The van der Waals surface area contributed by atoms with Crippen molar-refractivity contribution in [2.24, 2.45) is 5.73 Å². The summed E-state index contributed by atoms with van der Waals surface area (Å²) in [6.45, 7) is 0.376. The van der Waals surface area contributed by atoms with Gasteiger partial charge in [-0.25, -0.2) is 4.39 Å². The number of ether oxygens (including phenoxy) is 3. The van der Waals surface area contributed by atoms with Gasteiger partial charge < -0.3 is 25.3 Å². The first-order valence-corrected chi connectivity index (χ1v) is 9.19. The Kier molecular flexibility index (Phi) is 6.49. The molecule has 6 nitrogen and oxygen atoms in total. The average Bonchev–Trinajstić information content (AvgIpc) is 3.21. The van der Waals surface area contributed by atoms with Crippen LogP contribution in [0, 0.1) is 5.82 Å². The Balaban J connectivity index is 1.95. The largest absolute Gasteiger partial charge is 0.497 e. The molecule has 1 aliphatic rings. The summed E-state index contributed by atoms with van der Waals surface area (Å²) >= 11 is 0. The molecule has 28 heavy (non-hydrogen) atoms. The van der Waals surface area contributed by atoms with E-state index in [4.69, 9.17) is 19.9 Å². The minimum Gasteiger partial charge on any atom is -0.497 e. The van der Waals surface area contributed by atoms with Crippen molar-refractivity contribution in [1.29, 1.82) is 0 Å². The monoisotopic (exact) mass is 388 g/mol. The highest BCUT2D eigenvalue weighted by Gasteiger charge is 2.32. The second kappa shape index (κ2) is 9.03. The van der Waals surface area contributed by atoms with Gasteiger partial charge in [0.15, 0.2) is 0 Å². The summed E-state index contributed by atoms with van der Waals surface area (Å²) < 4.78 is 30.4. The molecule has 1 aliphatic heterocycles. The lowest BCUT2D eigenvalue weighted by Gasteiger charge is -2.24. The van der Waals surface area contributed by atoms with E-state index in [-0.39, 0.29) is 12.0 Å². The highest BCUT2D eigenvalue weighted by atomic mass is 19.1. The molecule has 0 saturated carbocycles. The number of halogens is 1.